The van der Waals surface area contributed by atoms with Gasteiger partial charge in [0.1, 0.15) is 0 Å². The first-order chi connectivity index (χ1) is 6.65. The van der Waals surface area contributed by atoms with Crippen LogP contribution in [0.2, 0.25) is 0 Å². The second kappa shape index (κ2) is 3.59. The first kappa shape index (κ1) is 10.1. The quantitative estimate of drug-likeness (QED) is 0.746. The van der Waals surface area contributed by atoms with Crippen LogP contribution in [-0.2, 0) is 5.88 Å². The highest BCUT2D eigenvalue weighted by molar-refractivity contribution is 9.10. The summed E-state index contributed by atoms with van der Waals surface area (Å²) >= 11 is 9.47. The summed E-state index contributed by atoms with van der Waals surface area (Å²) in [4.78, 5) is 3.36. The van der Waals surface area contributed by atoms with Gasteiger partial charge in [-0.3, -0.25) is 0 Å². The molecule has 0 fully saturated rings. The van der Waals surface area contributed by atoms with Crippen LogP contribution in [0.4, 0.5) is 0 Å². The smallest absolute Gasteiger partial charge is 0.0606 e. The lowest BCUT2D eigenvalue weighted by Crippen LogP contribution is -1.81. The van der Waals surface area contributed by atoms with Crippen LogP contribution in [0.1, 0.15) is 16.8 Å². The molecule has 0 unspecified atom stereocenters. The number of benzene rings is 1. The number of nitrogens with one attached hydrogen (secondary N) is 1. The third-order valence-electron chi connectivity index (χ3n) is 2.56. The van der Waals surface area contributed by atoms with Crippen molar-refractivity contribution in [3.8, 4) is 0 Å². The molecule has 2 aromatic rings. The molecule has 2 rings (SSSR count). The molecule has 0 aliphatic heterocycles. The fourth-order valence-corrected chi connectivity index (χ4v) is 2.57. The molecule has 1 aromatic heterocycles. The zero-order valence-electron chi connectivity index (χ0n) is 8.12. The molecule has 1 aromatic carbocycles. The number of aromatic nitrogens is 1. The molecule has 1 heterocycles. The van der Waals surface area contributed by atoms with Crippen LogP contribution in [0.15, 0.2) is 16.6 Å². The number of hydrogen-bond acceptors (Lipinski definition) is 0. The Morgan fingerprint density at radius 3 is 2.71 bits per heavy atom. The maximum atomic E-state index is 5.94. The van der Waals surface area contributed by atoms with E-state index in [1.807, 2.05) is 0 Å². The normalized spacial score (nSPS) is 11.1. The van der Waals surface area contributed by atoms with Gasteiger partial charge in [0.05, 0.1) is 5.52 Å². The van der Waals surface area contributed by atoms with Crippen molar-refractivity contribution in [3.05, 3.63) is 33.4 Å². The fourth-order valence-electron chi connectivity index (χ4n) is 1.81. The molecule has 0 saturated carbocycles. The number of aromatic amines is 1. The summed E-state index contributed by atoms with van der Waals surface area (Å²) < 4.78 is 1.09. The average Bonchev–Trinajstić information content (AvgIpc) is 2.50. The van der Waals surface area contributed by atoms with Gasteiger partial charge in [-0.2, -0.15) is 0 Å². The standard InChI is InChI=1S/C11H11BrClN/c1-6-3-4-9(12)11-10(6)8(5-13)7(2)14-11/h3-4,14H,5H2,1-2H3. The van der Waals surface area contributed by atoms with Crippen molar-refractivity contribution >= 4 is 38.4 Å². The summed E-state index contributed by atoms with van der Waals surface area (Å²) in [5, 5.41) is 1.26. The third kappa shape index (κ3) is 1.37. The number of hydrogen-bond donors (Lipinski definition) is 1. The highest BCUT2D eigenvalue weighted by atomic mass is 79.9. The number of rotatable bonds is 1. The van der Waals surface area contributed by atoms with E-state index in [0.29, 0.717) is 5.88 Å². The molecule has 14 heavy (non-hydrogen) atoms. The van der Waals surface area contributed by atoms with E-state index in [1.165, 1.54) is 16.5 Å². The maximum absolute atomic E-state index is 5.94. The van der Waals surface area contributed by atoms with Crippen molar-refractivity contribution < 1.29 is 0 Å². The second-order valence-electron chi connectivity index (χ2n) is 3.48. The molecule has 0 bridgehead atoms. The van der Waals surface area contributed by atoms with Gasteiger partial charge < -0.3 is 4.98 Å². The van der Waals surface area contributed by atoms with Crippen LogP contribution >= 0.6 is 27.5 Å². The van der Waals surface area contributed by atoms with Gasteiger partial charge in [0.15, 0.2) is 0 Å². The molecule has 0 spiro atoms. The van der Waals surface area contributed by atoms with E-state index in [0.717, 1.165) is 15.7 Å². The van der Waals surface area contributed by atoms with E-state index in [4.69, 9.17) is 11.6 Å². The van der Waals surface area contributed by atoms with Crippen LogP contribution in [0.3, 0.4) is 0 Å². The molecule has 0 atom stereocenters. The monoisotopic (exact) mass is 271 g/mol. The molecule has 0 aliphatic carbocycles. The Bertz CT molecular complexity index is 487. The van der Waals surface area contributed by atoms with Crippen molar-refractivity contribution in [1.82, 2.24) is 4.98 Å². The van der Waals surface area contributed by atoms with E-state index in [1.54, 1.807) is 0 Å². The molecule has 3 heteroatoms. The average molecular weight is 273 g/mol. The van der Waals surface area contributed by atoms with Crippen LogP contribution in [0.25, 0.3) is 10.9 Å². The van der Waals surface area contributed by atoms with Gasteiger partial charge in [0.25, 0.3) is 0 Å². The lowest BCUT2D eigenvalue weighted by Gasteiger charge is -2.00. The van der Waals surface area contributed by atoms with Gasteiger partial charge in [0.2, 0.25) is 0 Å². The van der Waals surface area contributed by atoms with Crippen LogP contribution in [-0.4, -0.2) is 4.98 Å². The summed E-state index contributed by atoms with van der Waals surface area (Å²) in [6, 6.07) is 4.17. The zero-order chi connectivity index (χ0) is 10.3. The molecular weight excluding hydrogens is 261 g/mol. The topological polar surface area (TPSA) is 15.8 Å². The van der Waals surface area contributed by atoms with E-state index in [-0.39, 0.29) is 0 Å². The number of halogens is 2. The molecule has 0 saturated heterocycles. The maximum Gasteiger partial charge on any atom is 0.0606 e. The van der Waals surface area contributed by atoms with Gasteiger partial charge in [-0.25, -0.2) is 0 Å². The Morgan fingerprint density at radius 2 is 2.07 bits per heavy atom. The van der Waals surface area contributed by atoms with Gasteiger partial charge in [-0.15, -0.1) is 11.6 Å². The van der Waals surface area contributed by atoms with E-state index in [9.17, 15) is 0 Å². The fraction of sp³-hybridized carbons (Fsp3) is 0.273. The highest BCUT2D eigenvalue weighted by Gasteiger charge is 2.11. The molecule has 0 amide bonds. The Hall–Kier alpha value is -0.470. The zero-order valence-corrected chi connectivity index (χ0v) is 10.5. The molecule has 1 N–H and O–H groups in total. The van der Waals surface area contributed by atoms with Gasteiger partial charge in [-0.05, 0) is 47.0 Å². The first-order valence-corrected chi connectivity index (χ1v) is 5.80. The van der Waals surface area contributed by atoms with Crippen LogP contribution in [0.5, 0.6) is 0 Å². The summed E-state index contributed by atoms with van der Waals surface area (Å²) in [5.41, 5.74) is 4.78. The molecule has 74 valence electrons. The van der Waals surface area contributed by atoms with Crippen molar-refractivity contribution in [2.75, 3.05) is 0 Å². The number of H-pyrrole nitrogens is 1. The summed E-state index contributed by atoms with van der Waals surface area (Å²) in [6.07, 6.45) is 0. The summed E-state index contributed by atoms with van der Waals surface area (Å²) in [6.45, 7) is 4.17. The minimum atomic E-state index is 0.559. The highest BCUT2D eigenvalue weighted by Crippen LogP contribution is 2.31. The number of alkyl halides is 1. The molecule has 1 nitrogen and oxygen atoms in total. The van der Waals surface area contributed by atoms with Crippen LogP contribution in [0, 0.1) is 13.8 Å². The Balaban J connectivity index is 2.93. The number of aryl methyl sites for hydroxylation is 2. The Morgan fingerprint density at radius 1 is 1.36 bits per heavy atom. The Kier molecular flexibility index (Phi) is 2.58. The van der Waals surface area contributed by atoms with E-state index < -0.39 is 0 Å². The largest absolute Gasteiger partial charge is 0.357 e. The van der Waals surface area contributed by atoms with Crippen molar-refractivity contribution in [2.45, 2.75) is 19.7 Å². The minimum absolute atomic E-state index is 0.559. The minimum Gasteiger partial charge on any atom is -0.357 e. The molecule has 0 aliphatic rings. The van der Waals surface area contributed by atoms with E-state index >= 15 is 0 Å². The lowest BCUT2D eigenvalue weighted by molar-refractivity contribution is 1.23. The van der Waals surface area contributed by atoms with Crippen molar-refractivity contribution in [1.29, 1.82) is 0 Å². The molecule has 0 radical (unpaired) electrons. The third-order valence-corrected chi connectivity index (χ3v) is 3.49. The molecular formula is C11H11BrClN. The van der Waals surface area contributed by atoms with Gasteiger partial charge in [-0.1, -0.05) is 6.07 Å². The lowest BCUT2D eigenvalue weighted by atomic mass is 10.1. The first-order valence-electron chi connectivity index (χ1n) is 4.47. The van der Waals surface area contributed by atoms with Crippen LogP contribution < -0.4 is 0 Å². The second-order valence-corrected chi connectivity index (χ2v) is 4.60. The van der Waals surface area contributed by atoms with E-state index in [2.05, 4.69) is 46.9 Å². The summed E-state index contributed by atoms with van der Waals surface area (Å²) in [7, 11) is 0. The van der Waals surface area contributed by atoms with Crippen molar-refractivity contribution in [2.24, 2.45) is 0 Å². The van der Waals surface area contributed by atoms with Gasteiger partial charge in [0, 0.05) is 21.4 Å². The van der Waals surface area contributed by atoms with Crippen molar-refractivity contribution in [3.63, 3.8) is 0 Å². The summed E-state index contributed by atoms with van der Waals surface area (Å²) in [5.74, 6) is 0.559. The predicted molar refractivity (Wildman–Crippen MR) is 65.0 cm³/mol. The Labute approximate surface area is 96.6 Å². The number of fused-ring (bicyclic) bond motifs is 1. The van der Waals surface area contributed by atoms with Gasteiger partial charge >= 0.3 is 0 Å². The predicted octanol–water partition coefficient (Wildman–Crippen LogP) is 4.29. The SMILES string of the molecule is Cc1[nH]c2c(Br)ccc(C)c2c1CCl.